The average molecular weight is 353 g/mol. The molecule has 0 fully saturated rings. The van der Waals surface area contributed by atoms with Crippen LogP contribution in [0.15, 0.2) is 0 Å². The van der Waals surface area contributed by atoms with E-state index >= 15 is 0 Å². The SMILES string of the molecule is F[Si](F)(F)[Si](Br)(Br)Br. The van der Waals surface area contributed by atoms with Gasteiger partial charge in [-0.15, -0.1) is 0 Å². The van der Waals surface area contributed by atoms with Crippen molar-refractivity contribution in [2.75, 3.05) is 0 Å². The molecule has 0 rings (SSSR count). The fraction of sp³-hybridized carbons (Fsp3) is 0. The van der Waals surface area contributed by atoms with Gasteiger partial charge in [0.1, 0.15) is 0 Å². The quantitative estimate of drug-likeness (QED) is 0.502. The summed E-state index contributed by atoms with van der Waals surface area (Å²) in [6, 6.07) is 0. The van der Waals surface area contributed by atoms with Crippen molar-refractivity contribution >= 4 is 57.9 Å². The predicted octanol–water partition coefficient (Wildman–Crippen LogP) is 3.04. The van der Waals surface area contributed by atoms with Crippen LogP contribution in [0, 0.1) is 0 Å². The molecule has 0 N–H and O–H groups in total. The predicted molar refractivity (Wildman–Crippen MR) is 41.6 cm³/mol. The molecular weight excluding hydrogens is 353 g/mol. The van der Waals surface area contributed by atoms with Gasteiger partial charge in [0.25, 0.3) is 0 Å². The maximum atomic E-state index is 11.6. The van der Waals surface area contributed by atoms with Gasteiger partial charge in [-0.3, -0.25) is 0 Å². The van der Waals surface area contributed by atoms with Crippen LogP contribution in [0.25, 0.3) is 0 Å². The highest BCUT2D eigenvalue weighted by atomic mass is 80.0. The molecular formula is Br3F3Si2. The van der Waals surface area contributed by atoms with E-state index in [1.54, 1.807) is 0 Å². The summed E-state index contributed by atoms with van der Waals surface area (Å²) in [5.74, 6) is 0. The lowest BCUT2D eigenvalue weighted by atomic mass is 18.7. The molecule has 8 heteroatoms. The average Bonchev–Trinajstić information content (AvgIpc) is 1.25. The van der Waals surface area contributed by atoms with Crippen LogP contribution in [-0.2, 0) is 0 Å². The molecule has 0 heterocycles. The first-order valence-electron chi connectivity index (χ1n) is 1.38. The molecule has 0 bridgehead atoms. The van der Waals surface area contributed by atoms with Gasteiger partial charge in [-0.05, 0) is 0 Å². The van der Waals surface area contributed by atoms with E-state index < -0.39 is 12.0 Å². The van der Waals surface area contributed by atoms with E-state index in [4.69, 9.17) is 0 Å². The minimum Gasteiger partial charge on any atom is -0.239 e. The summed E-state index contributed by atoms with van der Waals surface area (Å²) < 4.78 is 31.6. The Morgan fingerprint density at radius 3 is 1.00 bits per heavy atom. The Hall–Kier alpha value is 1.66. The van der Waals surface area contributed by atoms with Crippen LogP contribution in [-0.4, -0.2) is 12.0 Å². The van der Waals surface area contributed by atoms with Gasteiger partial charge in [0.2, 0.25) is 0 Å². The summed E-state index contributed by atoms with van der Waals surface area (Å²) in [7, 11) is -5.47. The number of halogens is 6. The molecule has 0 nitrogen and oxygen atoms in total. The second-order valence-electron chi connectivity index (χ2n) is 0.996. The molecule has 0 saturated carbocycles. The van der Waals surface area contributed by atoms with Gasteiger partial charge >= 0.3 is 12.0 Å². The van der Waals surface area contributed by atoms with E-state index in [-0.39, 0.29) is 0 Å². The van der Waals surface area contributed by atoms with Crippen molar-refractivity contribution in [1.82, 2.24) is 0 Å². The summed E-state index contributed by atoms with van der Waals surface area (Å²) in [5, 5.41) is 0. The van der Waals surface area contributed by atoms with E-state index in [0.717, 1.165) is 0 Å². The lowest BCUT2D eigenvalue weighted by Crippen LogP contribution is -2.38. The van der Waals surface area contributed by atoms with Gasteiger partial charge in [-0.25, -0.2) is 12.3 Å². The van der Waals surface area contributed by atoms with Crippen LogP contribution in [0.3, 0.4) is 0 Å². The summed E-state index contributed by atoms with van der Waals surface area (Å²) in [5.41, 5.74) is 0. The van der Waals surface area contributed by atoms with Gasteiger partial charge in [-0.2, -0.15) is 0 Å². The fourth-order valence-corrected chi connectivity index (χ4v) is 0. The molecule has 0 saturated heterocycles. The van der Waals surface area contributed by atoms with Crippen LogP contribution in [0.2, 0.25) is 0 Å². The molecule has 50 valence electrons. The van der Waals surface area contributed by atoms with Crippen molar-refractivity contribution in [2.45, 2.75) is 0 Å². The highest BCUT2D eigenvalue weighted by Gasteiger charge is 2.59. The Bertz CT molecular complexity index is 67.5. The third-order valence-electron chi connectivity index (χ3n) is 0.321. The van der Waals surface area contributed by atoms with Crippen LogP contribution >= 0.6 is 45.9 Å². The van der Waals surface area contributed by atoms with E-state index in [0.29, 0.717) is 0 Å². The Morgan fingerprint density at radius 2 is 1.00 bits per heavy atom. The minimum atomic E-state index is -5.47. The molecule has 0 radical (unpaired) electrons. The summed E-state index contributed by atoms with van der Waals surface area (Å²) in [6.07, 6.45) is 0. The molecule has 0 aliphatic heterocycles. The van der Waals surface area contributed by atoms with Gasteiger partial charge in [-0.1, -0.05) is 45.9 Å². The van der Waals surface area contributed by atoms with Gasteiger partial charge in [0.15, 0.2) is 0 Å². The normalized spacial score (nSPS) is 14.2. The standard InChI is InChI=1S/Br3F3Si2/c1-7(2,3)8(4,5)6. The molecule has 0 aromatic heterocycles. The summed E-state index contributed by atoms with van der Waals surface area (Å²) in [6.45, 7) is 0. The van der Waals surface area contributed by atoms with Gasteiger partial charge < -0.3 is 0 Å². The topological polar surface area (TPSA) is 0 Å². The third kappa shape index (κ3) is 2.99. The zero-order valence-electron chi connectivity index (χ0n) is 3.27. The van der Waals surface area contributed by atoms with Crippen molar-refractivity contribution in [3.8, 4) is 0 Å². The summed E-state index contributed by atoms with van der Waals surface area (Å²) >= 11 is 7.52. The van der Waals surface area contributed by atoms with E-state index in [9.17, 15) is 12.3 Å². The first-order chi connectivity index (χ1) is 3.25. The molecule has 0 unspecified atom stereocenters. The number of hydrogen-bond donors (Lipinski definition) is 0. The molecule has 8 heavy (non-hydrogen) atoms. The molecule has 0 atom stereocenters. The van der Waals surface area contributed by atoms with Crippen LogP contribution in [0.1, 0.15) is 0 Å². The molecule has 0 aromatic rings. The van der Waals surface area contributed by atoms with Crippen molar-refractivity contribution < 1.29 is 12.3 Å². The van der Waals surface area contributed by atoms with Crippen LogP contribution < -0.4 is 0 Å². The molecule has 0 aliphatic carbocycles. The maximum absolute atomic E-state index is 11.6. The highest BCUT2D eigenvalue weighted by Crippen LogP contribution is 2.39. The zero-order valence-corrected chi connectivity index (χ0v) is 10.0. The van der Waals surface area contributed by atoms with Gasteiger partial charge in [0, 0.05) is 0 Å². The Kier molecular flexibility index (Phi) is 3.29. The first-order valence-corrected chi connectivity index (χ1v) is 12.8. The molecule has 0 aromatic carbocycles. The monoisotopic (exact) mass is 350 g/mol. The Balaban J connectivity index is 4.02. The van der Waals surface area contributed by atoms with Gasteiger partial charge in [0.05, 0.1) is 0 Å². The smallest absolute Gasteiger partial charge is 0.239 e. The lowest BCUT2D eigenvalue weighted by molar-refractivity contribution is 0.514. The molecule has 0 aliphatic rings. The maximum Gasteiger partial charge on any atom is 0.621 e. The lowest BCUT2D eigenvalue weighted by Gasteiger charge is -2.08. The summed E-state index contributed by atoms with van der Waals surface area (Å²) in [4.78, 5) is 0. The van der Waals surface area contributed by atoms with Crippen LogP contribution in [0.4, 0.5) is 12.3 Å². The largest absolute Gasteiger partial charge is 0.621 e. The van der Waals surface area contributed by atoms with E-state index in [1.165, 1.54) is 0 Å². The van der Waals surface area contributed by atoms with Crippen molar-refractivity contribution in [2.24, 2.45) is 0 Å². The van der Waals surface area contributed by atoms with Crippen molar-refractivity contribution in [3.05, 3.63) is 0 Å². The third-order valence-corrected chi connectivity index (χ3v) is 15.0. The zero-order chi connectivity index (χ0) is 7.00. The molecule has 0 amide bonds. The number of hydrogen-bond acceptors (Lipinski definition) is 0. The highest BCUT2D eigenvalue weighted by molar-refractivity contribution is 9.74. The Labute approximate surface area is 69.9 Å². The Morgan fingerprint density at radius 1 is 0.875 bits per heavy atom. The van der Waals surface area contributed by atoms with Crippen molar-refractivity contribution in [1.29, 1.82) is 0 Å². The van der Waals surface area contributed by atoms with E-state index in [2.05, 4.69) is 45.9 Å². The minimum absolute atomic E-state index is 2.51. The van der Waals surface area contributed by atoms with E-state index in [1.807, 2.05) is 0 Å². The van der Waals surface area contributed by atoms with Crippen molar-refractivity contribution in [3.63, 3.8) is 0 Å². The second-order valence-corrected chi connectivity index (χ2v) is 33.8. The first kappa shape index (κ1) is 9.66. The second kappa shape index (κ2) is 2.73. The fourth-order valence-electron chi connectivity index (χ4n) is 0. The molecule has 0 spiro atoms. The number of rotatable bonds is 1. The van der Waals surface area contributed by atoms with Crippen LogP contribution in [0.5, 0.6) is 0 Å².